The molecule has 1 rings (SSSR count). The van der Waals surface area contributed by atoms with Crippen molar-refractivity contribution in [2.75, 3.05) is 6.26 Å². The molecule has 2 heteroatoms. The van der Waals surface area contributed by atoms with Crippen molar-refractivity contribution in [2.24, 2.45) is 5.41 Å². The van der Waals surface area contributed by atoms with Crippen molar-refractivity contribution >= 4 is 23.5 Å². The van der Waals surface area contributed by atoms with Crippen molar-refractivity contribution in [3.8, 4) is 0 Å². The van der Waals surface area contributed by atoms with Gasteiger partial charge in [0.05, 0.1) is 4.08 Å². The smallest absolute Gasteiger partial charge is 0.0670 e. The fraction of sp³-hybridized carbons (Fsp3) is 1.00. The molecule has 0 radical (unpaired) electrons. The van der Waals surface area contributed by atoms with Crippen LogP contribution in [-0.4, -0.2) is 15.1 Å². The summed E-state index contributed by atoms with van der Waals surface area (Å²) < 4.78 is 0.905. The lowest BCUT2D eigenvalue weighted by Crippen LogP contribution is -2.17. The molecule has 0 nitrogen and oxygen atoms in total. The topological polar surface area (TPSA) is 0 Å². The molecular formula is C10H20S2. The lowest BCUT2D eigenvalue weighted by molar-refractivity contribution is 0.643. The van der Waals surface area contributed by atoms with Gasteiger partial charge in [0.1, 0.15) is 0 Å². The minimum Gasteiger partial charge on any atom is -0.147 e. The van der Waals surface area contributed by atoms with Crippen LogP contribution in [0.3, 0.4) is 0 Å². The highest BCUT2D eigenvalue weighted by atomic mass is 32.2. The fourth-order valence-electron chi connectivity index (χ4n) is 1.60. The van der Waals surface area contributed by atoms with Crippen LogP contribution >= 0.6 is 23.5 Å². The van der Waals surface area contributed by atoms with Crippen molar-refractivity contribution in [1.82, 2.24) is 0 Å². The summed E-state index contributed by atoms with van der Waals surface area (Å²) in [5.41, 5.74) is 0.546. The first kappa shape index (κ1) is 10.8. The normalized spacial score (nSPS) is 33.5. The highest BCUT2D eigenvalue weighted by Gasteiger charge is 2.62. The zero-order valence-electron chi connectivity index (χ0n) is 9.02. The summed E-state index contributed by atoms with van der Waals surface area (Å²) >= 11 is 4.18. The molecule has 72 valence electrons. The third-order valence-electron chi connectivity index (χ3n) is 2.38. The second-order valence-corrected chi connectivity index (χ2v) is 8.72. The van der Waals surface area contributed by atoms with Crippen molar-refractivity contribution < 1.29 is 0 Å². The lowest BCUT2D eigenvalue weighted by Gasteiger charge is -2.27. The van der Waals surface area contributed by atoms with E-state index in [1.165, 1.54) is 6.42 Å². The SMILES string of the molecule is CS[C@]1(SC(C)(C)C)CC1(C)C. The van der Waals surface area contributed by atoms with Gasteiger partial charge in [-0.1, -0.05) is 34.6 Å². The third kappa shape index (κ3) is 1.95. The van der Waals surface area contributed by atoms with Crippen LogP contribution in [0.2, 0.25) is 0 Å². The Morgan fingerprint density at radius 3 is 1.67 bits per heavy atom. The Balaban J connectivity index is 2.62. The van der Waals surface area contributed by atoms with Gasteiger partial charge >= 0.3 is 0 Å². The van der Waals surface area contributed by atoms with Gasteiger partial charge in [0.25, 0.3) is 0 Å². The van der Waals surface area contributed by atoms with E-state index in [-0.39, 0.29) is 0 Å². The van der Waals surface area contributed by atoms with E-state index in [0.29, 0.717) is 14.2 Å². The largest absolute Gasteiger partial charge is 0.147 e. The monoisotopic (exact) mass is 204 g/mol. The summed E-state index contributed by atoms with van der Waals surface area (Å²) in [5, 5.41) is 0. The van der Waals surface area contributed by atoms with E-state index in [9.17, 15) is 0 Å². The van der Waals surface area contributed by atoms with Crippen molar-refractivity contribution in [2.45, 2.75) is 49.9 Å². The van der Waals surface area contributed by atoms with Gasteiger partial charge in [-0.3, -0.25) is 0 Å². The minimum atomic E-state index is 0.400. The molecule has 0 amide bonds. The predicted octanol–water partition coefficient (Wildman–Crippen LogP) is 4.01. The second-order valence-electron chi connectivity index (χ2n) is 5.23. The average Bonchev–Trinajstić information content (AvgIpc) is 2.30. The van der Waals surface area contributed by atoms with E-state index < -0.39 is 0 Å². The zero-order valence-corrected chi connectivity index (χ0v) is 10.7. The van der Waals surface area contributed by atoms with Gasteiger partial charge in [0.2, 0.25) is 0 Å². The second kappa shape index (κ2) is 2.84. The number of hydrogen-bond acceptors (Lipinski definition) is 2. The molecule has 0 aromatic carbocycles. The maximum Gasteiger partial charge on any atom is 0.0670 e. The van der Waals surface area contributed by atoms with Crippen LogP contribution in [0.25, 0.3) is 0 Å². The molecular weight excluding hydrogens is 184 g/mol. The molecule has 12 heavy (non-hydrogen) atoms. The fourth-order valence-corrected chi connectivity index (χ4v) is 5.44. The Bertz CT molecular complexity index is 179. The molecule has 1 saturated carbocycles. The first-order chi connectivity index (χ1) is 5.22. The van der Waals surface area contributed by atoms with Gasteiger partial charge in [-0.2, -0.15) is 0 Å². The average molecular weight is 204 g/mol. The van der Waals surface area contributed by atoms with Crippen LogP contribution in [-0.2, 0) is 0 Å². The van der Waals surface area contributed by atoms with Crippen molar-refractivity contribution in [1.29, 1.82) is 0 Å². The molecule has 0 aromatic heterocycles. The van der Waals surface area contributed by atoms with Gasteiger partial charge in [0, 0.05) is 4.75 Å². The van der Waals surface area contributed by atoms with Crippen LogP contribution < -0.4 is 0 Å². The zero-order chi connectivity index (χ0) is 9.62. The molecule has 0 N–H and O–H groups in total. The van der Waals surface area contributed by atoms with Crippen LogP contribution in [0.5, 0.6) is 0 Å². The summed E-state index contributed by atoms with van der Waals surface area (Å²) in [6.07, 6.45) is 3.61. The number of rotatable bonds is 2. The summed E-state index contributed by atoms with van der Waals surface area (Å²) in [6, 6.07) is 0. The Hall–Kier alpha value is 0.700. The summed E-state index contributed by atoms with van der Waals surface area (Å²) in [5.74, 6) is 0. The van der Waals surface area contributed by atoms with E-state index >= 15 is 0 Å². The molecule has 1 aliphatic carbocycles. The van der Waals surface area contributed by atoms with E-state index in [0.717, 1.165) is 0 Å². The number of thioether (sulfide) groups is 2. The summed E-state index contributed by atoms with van der Waals surface area (Å²) in [7, 11) is 0. The van der Waals surface area contributed by atoms with Crippen molar-refractivity contribution in [3.05, 3.63) is 0 Å². The molecule has 1 aliphatic rings. The summed E-state index contributed by atoms with van der Waals surface area (Å²) in [4.78, 5) is 0. The molecule has 1 atom stereocenters. The summed E-state index contributed by atoms with van der Waals surface area (Å²) in [6.45, 7) is 11.7. The quantitative estimate of drug-likeness (QED) is 0.623. The third-order valence-corrected chi connectivity index (χ3v) is 6.13. The maximum atomic E-state index is 2.38. The highest BCUT2D eigenvalue weighted by molar-refractivity contribution is 8.19. The highest BCUT2D eigenvalue weighted by Crippen LogP contribution is 2.71. The van der Waals surface area contributed by atoms with Gasteiger partial charge < -0.3 is 0 Å². The Morgan fingerprint density at radius 1 is 1.17 bits per heavy atom. The van der Waals surface area contributed by atoms with Gasteiger partial charge in [-0.05, 0) is 18.1 Å². The van der Waals surface area contributed by atoms with Crippen molar-refractivity contribution in [3.63, 3.8) is 0 Å². The van der Waals surface area contributed by atoms with E-state index in [2.05, 4.69) is 52.6 Å². The first-order valence-electron chi connectivity index (χ1n) is 4.48. The molecule has 0 bridgehead atoms. The maximum absolute atomic E-state index is 2.38. The van der Waals surface area contributed by atoms with E-state index in [4.69, 9.17) is 0 Å². The van der Waals surface area contributed by atoms with Crippen LogP contribution in [0.4, 0.5) is 0 Å². The number of hydrogen-bond donors (Lipinski definition) is 0. The Labute approximate surface area is 85.3 Å². The van der Waals surface area contributed by atoms with E-state index in [1.54, 1.807) is 0 Å². The molecule has 0 saturated heterocycles. The standard InChI is InChI=1S/C10H20S2/c1-8(2,3)12-10(11-6)7-9(10,4)5/h7H2,1-6H3/t10-/m0/s1. The predicted molar refractivity (Wildman–Crippen MR) is 62.0 cm³/mol. The molecule has 1 fully saturated rings. The molecule has 0 aliphatic heterocycles. The molecule has 0 heterocycles. The van der Waals surface area contributed by atoms with Gasteiger partial charge in [-0.25, -0.2) is 0 Å². The minimum absolute atomic E-state index is 0.400. The van der Waals surface area contributed by atoms with E-state index in [1.807, 2.05) is 11.8 Å². The molecule has 0 unspecified atom stereocenters. The molecule has 0 aromatic rings. The Kier molecular flexibility index (Phi) is 2.56. The lowest BCUT2D eigenvalue weighted by atomic mass is 10.2. The Morgan fingerprint density at radius 2 is 1.58 bits per heavy atom. The first-order valence-corrected chi connectivity index (χ1v) is 6.52. The van der Waals surface area contributed by atoms with Gasteiger partial charge in [-0.15, -0.1) is 23.5 Å². The van der Waals surface area contributed by atoms with Crippen LogP contribution in [0, 0.1) is 5.41 Å². The van der Waals surface area contributed by atoms with Gasteiger partial charge in [0.15, 0.2) is 0 Å². The van der Waals surface area contributed by atoms with Crippen LogP contribution in [0.15, 0.2) is 0 Å². The van der Waals surface area contributed by atoms with Crippen LogP contribution in [0.1, 0.15) is 41.0 Å². The molecule has 0 spiro atoms.